The Morgan fingerprint density at radius 2 is 1.67 bits per heavy atom. The number of ketones is 1. The van der Waals surface area contributed by atoms with Crippen LogP contribution < -0.4 is 16.0 Å². The van der Waals surface area contributed by atoms with E-state index in [1.165, 1.54) is 6.08 Å². The first-order chi connectivity index (χ1) is 9.47. The lowest BCUT2D eigenvalue weighted by Crippen LogP contribution is -2.55. The molecule has 21 heavy (non-hydrogen) atoms. The molecule has 5 nitrogen and oxygen atoms in total. The SMILES string of the molecule is CNC/C=C/C(=O)NCC(NC(C)(C)C)C(=O)C(C)(C)C. The Hall–Kier alpha value is -1.20. The van der Waals surface area contributed by atoms with E-state index < -0.39 is 11.5 Å². The van der Waals surface area contributed by atoms with Crippen LogP contribution >= 0.6 is 0 Å². The summed E-state index contributed by atoms with van der Waals surface area (Å²) in [6, 6.07) is -0.397. The molecule has 0 rings (SSSR count). The van der Waals surface area contributed by atoms with E-state index in [1.54, 1.807) is 6.08 Å². The van der Waals surface area contributed by atoms with E-state index in [4.69, 9.17) is 0 Å². The van der Waals surface area contributed by atoms with Crippen molar-refractivity contribution in [1.82, 2.24) is 16.0 Å². The van der Waals surface area contributed by atoms with Gasteiger partial charge in [-0.25, -0.2) is 0 Å². The Balaban J connectivity index is 4.70. The first kappa shape index (κ1) is 19.8. The largest absolute Gasteiger partial charge is 0.351 e. The zero-order valence-electron chi connectivity index (χ0n) is 14.5. The normalized spacial score (nSPS) is 14.2. The Bertz CT molecular complexity index is 376. The number of carbonyl (C=O) groups excluding carboxylic acids is 2. The van der Waals surface area contributed by atoms with Gasteiger partial charge in [0.1, 0.15) is 0 Å². The quantitative estimate of drug-likeness (QED) is 0.619. The van der Waals surface area contributed by atoms with E-state index in [-0.39, 0.29) is 23.8 Å². The highest BCUT2D eigenvalue weighted by Gasteiger charge is 2.31. The fourth-order valence-corrected chi connectivity index (χ4v) is 1.80. The van der Waals surface area contributed by atoms with E-state index in [0.29, 0.717) is 6.54 Å². The average Bonchev–Trinajstić information content (AvgIpc) is 2.31. The standard InChI is InChI=1S/C16H31N3O2/c1-15(2,3)14(21)12(19-16(4,5)6)11-18-13(20)9-8-10-17-7/h8-9,12,17,19H,10-11H2,1-7H3,(H,18,20)/b9-8+. The molecule has 0 spiro atoms. The lowest BCUT2D eigenvalue weighted by molar-refractivity contribution is -0.129. The number of hydrogen-bond acceptors (Lipinski definition) is 4. The molecule has 0 radical (unpaired) electrons. The van der Waals surface area contributed by atoms with Crippen molar-refractivity contribution in [1.29, 1.82) is 0 Å². The van der Waals surface area contributed by atoms with Gasteiger partial charge in [0.25, 0.3) is 0 Å². The molecule has 0 saturated heterocycles. The van der Waals surface area contributed by atoms with Crippen LogP contribution in [-0.2, 0) is 9.59 Å². The molecule has 0 aliphatic carbocycles. The molecule has 3 N–H and O–H groups in total. The van der Waals surface area contributed by atoms with Crippen LogP contribution in [0.1, 0.15) is 41.5 Å². The third-order valence-electron chi connectivity index (χ3n) is 2.73. The summed E-state index contributed by atoms with van der Waals surface area (Å²) >= 11 is 0. The number of Topliss-reactive ketones (excluding diaryl/α,β-unsaturated/α-hetero) is 1. The molecule has 0 aliphatic heterocycles. The van der Waals surface area contributed by atoms with Crippen LogP contribution in [0, 0.1) is 5.41 Å². The smallest absolute Gasteiger partial charge is 0.243 e. The van der Waals surface area contributed by atoms with Crippen LogP contribution in [0.25, 0.3) is 0 Å². The molecule has 0 aliphatic rings. The second kappa shape index (κ2) is 8.29. The van der Waals surface area contributed by atoms with E-state index in [2.05, 4.69) is 16.0 Å². The number of amides is 1. The third kappa shape index (κ3) is 9.37. The highest BCUT2D eigenvalue weighted by Crippen LogP contribution is 2.18. The third-order valence-corrected chi connectivity index (χ3v) is 2.73. The number of nitrogens with one attached hydrogen (secondary N) is 3. The van der Waals surface area contributed by atoms with Gasteiger partial charge in [-0.2, -0.15) is 0 Å². The molecule has 0 fully saturated rings. The minimum absolute atomic E-state index is 0.0944. The molecule has 0 saturated carbocycles. The first-order valence-corrected chi connectivity index (χ1v) is 7.38. The maximum absolute atomic E-state index is 12.5. The van der Waals surface area contributed by atoms with Crippen LogP contribution in [0.3, 0.4) is 0 Å². The number of carbonyl (C=O) groups is 2. The molecule has 0 aromatic heterocycles. The topological polar surface area (TPSA) is 70.2 Å². The highest BCUT2D eigenvalue weighted by atomic mass is 16.1. The van der Waals surface area contributed by atoms with E-state index >= 15 is 0 Å². The maximum atomic E-state index is 12.5. The minimum atomic E-state index is -0.449. The second-order valence-corrected chi connectivity index (χ2v) is 7.27. The van der Waals surface area contributed by atoms with Gasteiger partial charge in [-0.3, -0.25) is 9.59 Å². The van der Waals surface area contributed by atoms with Gasteiger partial charge >= 0.3 is 0 Å². The maximum Gasteiger partial charge on any atom is 0.243 e. The Morgan fingerprint density at radius 1 is 1.10 bits per heavy atom. The number of rotatable bonds is 7. The van der Waals surface area contributed by atoms with E-state index in [1.807, 2.05) is 48.6 Å². The van der Waals surface area contributed by atoms with Crippen molar-refractivity contribution in [2.75, 3.05) is 20.1 Å². The zero-order chi connectivity index (χ0) is 16.7. The summed E-state index contributed by atoms with van der Waals surface area (Å²) in [5.41, 5.74) is -0.645. The van der Waals surface area contributed by atoms with Crippen LogP contribution in [0.4, 0.5) is 0 Å². The summed E-state index contributed by atoms with van der Waals surface area (Å²) in [4.78, 5) is 24.2. The van der Waals surface area contributed by atoms with Gasteiger partial charge < -0.3 is 16.0 Å². The van der Waals surface area contributed by atoms with Crippen molar-refractivity contribution >= 4 is 11.7 Å². The summed E-state index contributed by atoms with van der Waals surface area (Å²) in [7, 11) is 1.81. The predicted octanol–water partition coefficient (Wildman–Crippen LogP) is 1.25. The van der Waals surface area contributed by atoms with Gasteiger partial charge in [0.05, 0.1) is 6.04 Å². The van der Waals surface area contributed by atoms with Crippen LogP contribution in [0.5, 0.6) is 0 Å². The summed E-state index contributed by atoms with van der Waals surface area (Å²) < 4.78 is 0. The number of likely N-dealkylation sites (N-methyl/N-ethyl adjacent to an activating group) is 1. The summed E-state index contributed by atoms with van der Waals surface area (Å²) in [6.07, 6.45) is 3.22. The van der Waals surface area contributed by atoms with Gasteiger partial charge in [-0.1, -0.05) is 26.8 Å². The second-order valence-electron chi connectivity index (χ2n) is 7.27. The Kier molecular flexibility index (Phi) is 7.82. The molecule has 0 aromatic rings. The molecule has 1 amide bonds. The molecule has 0 aromatic carbocycles. The van der Waals surface area contributed by atoms with Crippen LogP contribution in [0.15, 0.2) is 12.2 Å². The van der Waals surface area contributed by atoms with Crippen LogP contribution in [-0.4, -0.2) is 43.4 Å². The molecular weight excluding hydrogens is 266 g/mol. The number of hydrogen-bond donors (Lipinski definition) is 3. The predicted molar refractivity (Wildman–Crippen MR) is 87.2 cm³/mol. The molecular formula is C16H31N3O2. The fraction of sp³-hybridized carbons (Fsp3) is 0.750. The van der Waals surface area contributed by atoms with E-state index in [9.17, 15) is 9.59 Å². The Labute approximate surface area is 128 Å². The van der Waals surface area contributed by atoms with Gasteiger partial charge in [-0.05, 0) is 27.8 Å². The van der Waals surface area contributed by atoms with E-state index in [0.717, 1.165) is 0 Å². The van der Waals surface area contributed by atoms with Crippen LogP contribution in [0.2, 0.25) is 0 Å². The molecule has 1 unspecified atom stereocenters. The van der Waals surface area contributed by atoms with Gasteiger partial charge in [-0.15, -0.1) is 0 Å². The average molecular weight is 297 g/mol. The molecule has 0 bridgehead atoms. The van der Waals surface area contributed by atoms with Crippen molar-refractivity contribution in [3.8, 4) is 0 Å². The van der Waals surface area contributed by atoms with Gasteiger partial charge in [0.2, 0.25) is 5.91 Å². The molecule has 1 atom stereocenters. The lowest BCUT2D eigenvalue weighted by Gasteiger charge is -2.31. The van der Waals surface area contributed by atoms with Crippen molar-refractivity contribution in [2.24, 2.45) is 5.41 Å². The van der Waals surface area contributed by atoms with Crippen molar-refractivity contribution in [3.05, 3.63) is 12.2 Å². The minimum Gasteiger partial charge on any atom is -0.351 e. The fourth-order valence-electron chi connectivity index (χ4n) is 1.80. The van der Waals surface area contributed by atoms with Crippen molar-refractivity contribution in [2.45, 2.75) is 53.1 Å². The lowest BCUT2D eigenvalue weighted by atomic mass is 9.85. The first-order valence-electron chi connectivity index (χ1n) is 7.38. The monoisotopic (exact) mass is 297 g/mol. The molecule has 122 valence electrons. The van der Waals surface area contributed by atoms with Gasteiger partial charge in [0, 0.05) is 30.1 Å². The van der Waals surface area contributed by atoms with Gasteiger partial charge in [0.15, 0.2) is 5.78 Å². The molecule has 5 heteroatoms. The zero-order valence-corrected chi connectivity index (χ0v) is 14.5. The molecule has 0 heterocycles. The summed E-state index contributed by atoms with van der Waals surface area (Å²) in [6.45, 7) is 12.6. The summed E-state index contributed by atoms with van der Waals surface area (Å²) in [5, 5.41) is 8.99. The Morgan fingerprint density at radius 3 is 2.10 bits per heavy atom. The summed E-state index contributed by atoms with van der Waals surface area (Å²) in [5.74, 6) is -0.0930. The highest BCUT2D eigenvalue weighted by molar-refractivity contribution is 5.91. The van der Waals surface area contributed by atoms with Crippen molar-refractivity contribution in [3.63, 3.8) is 0 Å². The van der Waals surface area contributed by atoms with Crippen molar-refractivity contribution < 1.29 is 9.59 Å².